The lowest BCUT2D eigenvalue weighted by molar-refractivity contribution is -0.149. The van der Waals surface area contributed by atoms with Crippen LogP contribution in [-0.2, 0) is 9.59 Å². The van der Waals surface area contributed by atoms with Crippen LogP contribution in [0.15, 0.2) is 12.2 Å². The Kier molecular flexibility index (Phi) is 1.63. The van der Waals surface area contributed by atoms with E-state index in [-0.39, 0.29) is 23.1 Å². The van der Waals surface area contributed by atoms with E-state index in [0.717, 1.165) is 6.42 Å². The van der Waals surface area contributed by atoms with Crippen molar-refractivity contribution in [3.63, 3.8) is 0 Å². The van der Waals surface area contributed by atoms with E-state index in [0.29, 0.717) is 19.4 Å². The second-order valence-electron chi connectivity index (χ2n) is 4.73. The van der Waals surface area contributed by atoms with Crippen LogP contribution in [0.1, 0.15) is 19.3 Å². The first-order valence-electron chi connectivity index (χ1n) is 5.34. The third-order valence-corrected chi connectivity index (χ3v) is 3.97. The van der Waals surface area contributed by atoms with Gasteiger partial charge in [-0.15, -0.1) is 0 Å². The van der Waals surface area contributed by atoms with Crippen LogP contribution in [-0.4, -0.2) is 39.9 Å². The van der Waals surface area contributed by atoms with Gasteiger partial charge in [-0.1, -0.05) is 6.08 Å². The number of rotatable bonds is 0. The number of hydrogen-bond donors (Lipinski definition) is 1. The summed E-state index contributed by atoms with van der Waals surface area (Å²) in [4.78, 5) is 24.9. The van der Waals surface area contributed by atoms with Crippen LogP contribution in [0.2, 0.25) is 0 Å². The Morgan fingerprint density at radius 2 is 2.27 bits per heavy atom. The monoisotopic (exact) mass is 207 g/mol. The number of aliphatic hydroxyl groups is 1. The fourth-order valence-corrected chi connectivity index (χ4v) is 3.08. The number of Topliss-reactive ketones (excluding diaryl/α,β-unsaturated/α-hetero) is 1. The van der Waals surface area contributed by atoms with E-state index in [2.05, 4.69) is 0 Å². The van der Waals surface area contributed by atoms with Crippen molar-refractivity contribution in [1.29, 1.82) is 0 Å². The zero-order valence-corrected chi connectivity index (χ0v) is 8.35. The first-order chi connectivity index (χ1) is 7.12. The molecule has 0 aromatic heterocycles. The Morgan fingerprint density at radius 1 is 1.47 bits per heavy atom. The Labute approximate surface area is 87.6 Å². The van der Waals surface area contributed by atoms with Crippen LogP contribution in [0.5, 0.6) is 0 Å². The molecule has 2 aliphatic heterocycles. The van der Waals surface area contributed by atoms with Gasteiger partial charge in [-0.3, -0.25) is 9.59 Å². The van der Waals surface area contributed by atoms with Gasteiger partial charge in [-0.2, -0.15) is 0 Å². The van der Waals surface area contributed by atoms with E-state index in [9.17, 15) is 14.7 Å². The number of fused-ring (bicyclic) bond motifs is 1. The molecule has 1 spiro atoms. The summed E-state index contributed by atoms with van der Waals surface area (Å²) in [5.41, 5.74) is -0.255. The number of amides is 1. The number of carbonyl (C=O) groups excluding carboxylic acids is 2. The quantitative estimate of drug-likeness (QED) is 0.602. The highest BCUT2D eigenvalue weighted by molar-refractivity contribution is 5.93. The third kappa shape index (κ3) is 1.05. The van der Waals surface area contributed by atoms with Gasteiger partial charge in [0.05, 0.1) is 11.6 Å². The average molecular weight is 207 g/mol. The number of nitrogens with zero attached hydrogens (tertiary/aromatic N) is 1. The molecule has 3 rings (SSSR count). The molecule has 3 atom stereocenters. The fraction of sp³-hybridized carbons (Fsp3) is 0.636. The van der Waals surface area contributed by atoms with Crippen LogP contribution in [0.25, 0.3) is 0 Å². The summed E-state index contributed by atoms with van der Waals surface area (Å²) >= 11 is 0. The lowest BCUT2D eigenvalue weighted by Crippen LogP contribution is -2.61. The molecule has 1 saturated carbocycles. The largest absolute Gasteiger partial charge is 0.391 e. The van der Waals surface area contributed by atoms with Crippen molar-refractivity contribution >= 4 is 11.7 Å². The van der Waals surface area contributed by atoms with E-state index < -0.39 is 6.10 Å². The van der Waals surface area contributed by atoms with Crippen molar-refractivity contribution in [2.75, 3.05) is 6.54 Å². The summed E-state index contributed by atoms with van der Waals surface area (Å²) in [6, 6.07) is 0. The van der Waals surface area contributed by atoms with Crippen LogP contribution >= 0.6 is 0 Å². The van der Waals surface area contributed by atoms with E-state index in [1.807, 2.05) is 6.08 Å². The fourth-order valence-electron chi connectivity index (χ4n) is 3.08. The molecule has 1 aliphatic carbocycles. The summed E-state index contributed by atoms with van der Waals surface area (Å²) in [7, 11) is 0. The summed E-state index contributed by atoms with van der Waals surface area (Å²) in [5, 5.41) is 9.81. The van der Waals surface area contributed by atoms with Gasteiger partial charge in [0, 0.05) is 25.0 Å². The predicted octanol–water partition coefficient (Wildman–Crippen LogP) is -0.133. The van der Waals surface area contributed by atoms with Crippen molar-refractivity contribution in [2.45, 2.75) is 30.9 Å². The lowest BCUT2D eigenvalue weighted by atomic mass is 9.69. The average Bonchev–Trinajstić information content (AvgIpc) is 2.52. The van der Waals surface area contributed by atoms with Gasteiger partial charge in [-0.05, 0) is 12.8 Å². The molecule has 80 valence electrons. The topological polar surface area (TPSA) is 57.6 Å². The van der Waals surface area contributed by atoms with Gasteiger partial charge < -0.3 is 10.0 Å². The molecule has 15 heavy (non-hydrogen) atoms. The molecule has 2 bridgehead atoms. The summed E-state index contributed by atoms with van der Waals surface area (Å²) in [5.74, 6) is -0.132. The molecule has 2 heterocycles. The predicted molar refractivity (Wildman–Crippen MR) is 51.9 cm³/mol. The number of piperidine rings is 1. The maximum atomic E-state index is 11.6. The third-order valence-electron chi connectivity index (χ3n) is 3.97. The highest BCUT2D eigenvalue weighted by atomic mass is 16.3. The molecular weight excluding hydrogens is 194 g/mol. The molecule has 0 aromatic carbocycles. The van der Waals surface area contributed by atoms with E-state index in [1.165, 1.54) is 0 Å². The molecule has 1 saturated heterocycles. The Bertz CT molecular complexity index is 376. The first kappa shape index (κ1) is 9.09. The van der Waals surface area contributed by atoms with Crippen LogP contribution in [0, 0.1) is 5.92 Å². The molecule has 2 fully saturated rings. The van der Waals surface area contributed by atoms with Gasteiger partial charge in [0.2, 0.25) is 5.91 Å². The zero-order chi connectivity index (χ0) is 10.6. The van der Waals surface area contributed by atoms with E-state index in [4.69, 9.17) is 0 Å². The molecular formula is C11H13NO3. The van der Waals surface area contributed by atoms with E-state index >= 15 is 0 Å². The van der Waals surface area contributed by atoms with Crippen LogP contribution in [0.3, 0.4) is 0 Å². The first-order valence-corrected chi connectivity index (χ1v) is 5.34. The van der Waals surface area contributed by atoms with Gasteiger partial charge >= 0.3 is 0 Å². The van der Waals surface area contributed by atoms with Gasteiger partial charge in [-0.25, -0.2) is 0 Å². The SMILES string of the molecule is O=C1CCC23C=CC(=O)N2CC(O)C1C3. The molecule has 0 radical (unpaired) electrons. The molecule has 1 amide bonds. The molecule has 3 unspecified atom stereocenters. The number of aliphatic hydroxyl groups excluding tert-OH is 1. The minimum atomic E-state index is -0.672. The van der Waals surface area contributed by atoms with Gasteiger partial charge in [0.15, 0.2) is 0 Å². The zero-order valence-electron chi connectivity index (χ0n) is 8.35. The second kappa shape index (κ2) is 2.70. The molecule has 4 heteroatoms. The minimum absolute atomic E-state index is 0.0261. The Morgan fingerprint density at radius 3 is 3.07 bits per heavy atom. The lowest BCUT2D eigenvalue weighted by Gasteiger charge is -2.49. The smallest absolute Gasteiger partial charge is 0.247 e. The Hall–Kier alpha value is -1.16. The Balaban J connectivity index is 2.00. The standard InChI is InChI=1S/C11H13NO3/c13-8-1-3-11-4-2-10(15)12(11)6-9(14)7(8)5-11/h2,4,7,9,14H,1,3,5-6H2. The second-order valence-corrected chi connectivity index (χ2v) is 4.73. The van der Waals surface area contributed by atoms with Crippen molar-refractivity contribution in [1.82, 2.24) is 4.90 Å². The number of ketones is 1. The highest BCUT2D eigenvalue weighted by Gasteiger charge is 2.53. The van der Waals surface area contributed by atoms with Gasteiger partial charge in [0.25, 0.3) is 0 Å². The number of carbonyl (C=O) groups is 2. The van der Waals surface area contributed by atoms with Crippen molar-refractivity contribution in [3.8, 4) is 0 Å². The van der Waals surface area contributed by atoms with Gasteiger partial charge in [0.1, 0.15) is 5.78 Å². The molecule has 1 N–H and O–H groups in total. The number of hydrogen-bond acceptors (Lipinski definition) is 3. The van der Waals surface area contributed by atoms with E-state index in [1.54, 1.807) is 11.0 Å². The van der Waals surface area contributed by atoms with Crippen LogP contribution < -0.4 is 0 Å². The van der Waals surface area contributed by atoms with Crippen molar-refractivity contribution < 1.29 is 14.7 Å². The minimum Gasteiger partial charge on any atom is -0.391 e. The molecule has 0 aromatic rings. The maximum absolute atomic E-state index is 11.6. The van der Waals surface area contributed by atoms with Crippen molar-refractivity contribution in [3.05, 3.63) is 12.2 Å². The molecule has 3 aliphatic rings. The summed E-state index contributed by atoms with van der Waals surface area (Å²) in [6.45, 7) is 0.308. The van der Waals surface area contributed by atoms with Crippen LogP contribution in [0.4, 0.5) is 0 Å². The summed E-state index contributed by atoms with van der Waals surface area (Å²) < 4.78 is 0. The molecule has 4 nitrogen and oxygen atoms in total. The highest BCUT2D eigenvalue weighted by Crippen LogP contribution is 2.44. The maximum Gasteiger partial charge on any atom is 0.247 e. The normalized spacial score (nSPS) is 43.4. The van der Waals surface area contributed by atoms with Crippen molar-refractivity contribution in [2.24, 2.45) is 5.92 Å². The summed E-state index contributed by atoms with van der Waals surface area (Å²) in [6.07, 6.45) is 4.63. The number of β-amino-alcohol motifs (C(OH)–C–C–N with tert-alkyl or cyclic N) is 1.